The van der Waals surface area contributed by atoms with Crippen molar-refractivity contribution in [2.75, 3.05) is 0 Å². The van der Waals surface area contributed by atoms with Crippen molar-refractivity contribution in [1.29, 1.82) is 0 Å². The minimum atomic E-state index is -0.0843. The highest BCUT2D eigenvalue weighted by molar-refractivity contribution is 7.10. The topological polar surface area (TPSA) is 20.2 Å². The average Bonchev–Trinajstić information content (AvgIpc) is 2.58. The molecular formula is C10H14OS. The standard InChI is InChI=1S/C10H14OS/c1-7-5-8(6-12-7)9-3-2-4-10(9)11/h5-6,9-11H,2-4H2,1H3. The third kappa shape index (κ3) is 1.41. The van der Waals surface area contributed by atoms with E-state index < -0.39 is 0 Å². The molecule has 0 bridgehead atoms. The Bertz CT molecular complexity index is 267. The van der Waals surface area contributed by atoms with Crippen molar-refractivity contribution in [3.05, 3.63) is 21.9 Å². The molecule has 1 saturated carbocycles. The first-order chi connectivity index (χ1) is 5.77. The van der Waals surface area contributed by atoms with Crippen molar-refractivity contribution in [2.24, 2.45) is 0 Å². The molecule has 0 aromatic carbocycles. The van der Waals surface area contributed by atoms with Gasteiger partial charge in [0.05, 0.1) is 6.10 Å². The van der Waals surface area contributed by atoms with Crippen LogP contribution in [0.2, 0.25) is 0 Å². The van der Waals surface area contributed by atoms with Gasteiger partial charge in [0.2, 0.25) is 0 Å². The second-order valence-electron chi connectivity index (χ2n) is 3.60. The molecule has 1 fully saturated rings. The molecule has 0 radical (unpaired) electrons. The predicted octanol–water partition coefficient (Wildman–Crippen LogP) is 2.68. The first-order valence-electron chi connectivity index (χ1n) is 4.50. The van der Waals surface area contributed by atoms with Crippen molar-refractivity contribution in [1.82, 2.24) is 0 Å². The van der Waals surface area contributed by atoms with Gasteiger partial charge in [-0.25, -0.2) is 0 Å². The van der Waals surface area contributed by atoms with Crippen molar-refractivity contribution >= 4 is 11.3 Å². The van der Waals surface area contributed by atoms with Crippen LogP contribution in [0.3, 0.4) is 0 Å². The normalized spacial score (nSPS) is 29.5. The van der Waals surface area contributed by atoms with Crippen LogP contribution in [0.4, 0.5) is 0 Å². The van der Waals surface area contributed by atoms with Gasteiger partial charge in [-0.05, 0) is 36.8 Å². The summed E-state index contributed by atoms with van der Waals surface area (Å²) < 4.78 is 0. The third-order valence-corrected chi connectivity index (χ3v) is 3.54. The fourth-order valence-electron chi connectivity index (χ4n) is 1.99. The Kier molecular flexibility index (Phi) is 2.20. The summed E-state index contributed by atoms with van der Waals surface area (Å²) in [4.78, 5) is 1.35. The lowest BCUT2D eigenvalue weighted by Crippen LogP contribution is -2.09. The molecule has 1 aromatic heterocycles. The molecule has 1 heterocycles. The van der Waals surface area contributed by atoms with Crippen molar-refractivity contribution in [3.63, 3.8) is 0 Å². The number of thiophene rings is 1. The molecule has 2 heteroatoms. The zero-order valence-electron chi connectivity index (χ0n) is 7.29. The lowest BCUT2D eigenvalue weighted by Gasteiger charge is -2.11. The molecule has 2 unspecified atom stereocenters. The summed E-state index contributed by atoms with van der Waals surface area (Å²) in [6.45, 7) is 2.12. The van der Waals surface area contributed by atoms with Gasteiger partial charge in [-0.15, -0.1) is 11.3 Å². The number of aliphatic hydroxyl groups is 1. The lowest BCUT2D eigenvalue weighted by atomic mass is 9.99. The molecule has 1 aliphatic rings. The SMILES string of the molecule is Cc1cc(C2CCCC2O)cs1. The molecule has 1 N–H and O–H groups in total. The van der Waals surface area contributed by atoms with Crippen molar-refractivity contribution < 1.29 is 5.11 Å². The Hall–Kier alpha value is -0.340. The van der Waals surface area contributed by atoms with Crippen LogP contribution in [0.1, 0.15) is 35.6 Å². The maximum Gasteiger partial charge on any atom is 0.0609 e. The molecule has 1 nitrogen and oxygen atoms in total. The van der Waals surface area contributed by atoms with Gasteiger partial charge in [-0.2, -0.15) is 0 Å². The van der Waals surface area contributed by atoms with E-state index in [-0.39, 0.29) is 6.10 Å². The maximum atomic E-state index is 9.66. The second kappa shape index (κ2) is 3.19. The quantitative estimate of drug-likeness (QED) is 0.708. The molecular weight excluding hydrogens is 168 g/mol. The summed E-state index contributed by atoms with van der Waals surface area (Å²) in [6.07, 6.45) is 3.25. The van der Waals surface area contributed by atoms with E-state index in [1.165, 1.54) is 16.9 Å². The zero-order chi connectivity index (χ0) is 8.55. The molecule has 66 valence electrons. The van der Waals surface area contributed by atoms with E-state index in [9.17, 15) is 5.11 Å². The minimum absolute atomic E-state index is 0.0843. The highest BCUT2D eigenvalue weighted by atomic mass is 32.1. The summed E-state index contributed by atoms with van der Waals surface area (Å²) in [5.74, 6) is 0.426. The Balaban J connectivity index is 2.19. The molecule has 0 spiro atoms. The van der Waals surface area contributed by atoms with Crippen LogP contribution < -0.4 is 0 Å². The van der Waals surface area contributed by atoms with Crippen LogP contribution in [-0.2, 0) is 0 Å². The summed E-state index contributed by atoms with van der Waals surface area (Å²) in [6, 6.07) is 2.21. The zero-order valence-corrected chi connectivity index (χ0v) is 8.10. The number of rotatable bonds is 1. The molecule has 0 aliphatic heterocycles. The summed E-state index contributed by atoms with van der Waals surface area (Å²) in [7, 11) is 0. The van der Waals surface area contributed by atoms with E-state index in [0.717, 1.165) is 12.8 Å². The Morgan fingerprint density at radius 3 is 2.83 bits per heavy atom. The Labute approximate surface area is 77.0 Å². The molecule has 0 saturated heterocycles. The first-order valence-corrected chi connectivity index (χ1v) is 5.38. The van der Waals surface area contributed by atoms with Gasteiger partial charge < -0.3 is 5.11 Å². The van der Waals surface area contributed by atoms with Crippen molar-refractivity contribution in [3.8, 4) is 0 Å². The molecule has 2 atom stereocenters. The molecule has 1 aromatic rings. The van der Waals surface area contributed by atoms with Crippen LogP contribution in [0, 0.1) is 6.92 Å². The van der Waals surface area contributed by atoms with E-state index in [1.807, 2.05) is 0 Å². The van der Waals surface area contributed by atoms with E-state index in [1.54, 1.807) is 11.3 Å². The van der Waals surface area contributed by atoms with Gasteiger partial charge >= 0.3 is 0 Å². The van der Waals surface area contributed by atoms with E-state index in [4.69, 9.17) is 0 Å². The van der Waals surface area contributed by atoms with E-state index in [0.29, 0.717) is 5.92 Å². The van der Waals surface area contributed by atoms with Gasteiger partial charge in [0.15, 0.2) is 0 Å². The van der Waals surface area contributed by atoms with E-state index in [2.05, 4.69) is 18.4 Å². The van der Waals surface area contributed by atoms with Crippen LogP contribution in [0.5, 0.6) is 0 Å². The summed E-state index contributed by atoms with van der Waals surface area (Å²) in [5.41, 5.74) is 1.35. The minimum Gasteiger partial charge on any atom is -0.392 e. The average molecular weight is 182 g/mol. The third-order valence-electron chi connectivity index (χ3n) is 2.66. The highest BCUT2D eigenvalue weighted by Crippen LogP contribution is 2.36. The summed E-state index contributed by atoms with van der Waals surface area (Å²) >= 11 is 1.78. The van der Waals surface area contributed by atoms with Crippen LogP contribution in [0.25, 0.3) is 0 Å². The van der Waals surface area contributed by atoms with Crippen molar-refractivity contribution in [2.45, 2.75) is 38.2 Å². The number of hydrogen-bond donors (Lipinski definition) is 1. The van der Waals surface area contributed by atoms with Crippen LogP contribution in [0.15, 0.2) is 11.4 Å². The summed E-state index contributed by atoms with van der Waals surface area (Å²) in [5, 5.41) is 11.8. The van der Waals surface area contributed by atoms with Gasteiger partial charge in [0.1, 0.15) is 0 Å². The van der Waals surface area contributed by atoms with Gasteiger partial charge in [0, 0.05) is 10.8 Å². The Morgan fingerprint density at radius 1 is 1.50 bits per heavy atom. The molecule has 0 amide bonds. The lowest BCUT2D eigenvalue weighted by molar-refractivity contribution is 0.164. The smallest absolute Gasteiger partial charge is 0.0609 e. The second-order valence-corrected chi connectivity index (χ2v) is 4.71. The first kappa shape index (κ1) is 8.27. The fraction of sp³-hybridized carbons (Fsp3) is 0.600. The monoisotopic (exact) mass is 182 g/mol. The largest absolute Gasteiger partial charge is 0.392 e. The predicted molar refractivity (Wildman–Crippen MR) is 51.7 cm³/mol. The number of aryl methyl sites for hydroxylation is 1. The number of aliphatic hydroxyl groups excluding tert-OH is 1. The fourth-order valence-corrected chi connectivity index (χ4v) is 2.76. The van der Waals surface area contributed by atoms with Gasteiger partial charge in [0.25, 0.3) is 0 Å². The Morgan fingerprint density at radius 2 is 2.33 bits per heavy atom. The molecule has 1 aliphatic carbocycles. The molecule has 2 rings (SSSR count). The van der Waals surface area contributed by atoms with E-state index >= 15 is 0 Å². The maximum absolute atomic E-state index is 9.66. The molecule has 12 heavy (non-hydrogen) atoms. The van der Waals surface area contributed by atoms with Gasteiger partial charge in [-0.1, -0.05) is 6.42 Å². The van der Waals surface area contributed by atoms with Gasteiger partial charge in [-0.3, -0.25) is 0 Å². The van der Waals surface area contributed by atoms with Crippen LogP contribution in [-0.4, -0.2) is 11.2 Å². The van der Waals surface area contributed by atoms with Crippen LogP contribution >= 0.6 is 11.3 Å². The highest BCUT2D eigenvalue weighted by Gasteiger charge is 2.26. The number of hydrogen-bond acceptors (Lipinski definition) is 2.